The molecule has 0 atom stereocenters. The molecule has 4 heteroatoms. The summed E-state index contributed by atoms with van der Waals surface area (Å²) in [6.45, 7) is 0. The highest BCUT2D eigenvalue weighted by atomic mass is 32.2. The van der Waals surface area contributed by atoms with E-state index in [1.807, 2.05) is 12.1 Å². The van der Waals surface area contributed by atoms with Crippen molar-refractivity contribution in [2.75, 3.05) is 0 Å². The van der Waals surface area contributed by atoms with Gasteiger partial charge in [-0.25, -0.2) is 0 Å². The molecule has 0 amide bonds. The lowest BCUT2D eigenvalue weighted by atomic mass is 10.0. The molecule has 114 valence electrons. The summed E-state index contributed by atoms with van der Waals surface area (Å²) < 4.78 is 0. The Morgan fingerprint density at radius 1 is 0.739 bits per heavy atom. The molecule has 3 nitrogen and oxygen atoms in total. The predicted molar refractivity (Wildman–Crippen MR) is 90.2 cm³/mol. The van der Waals surface area contributed by atoms with Crippen molar-refractivity contribution in [3.8, 4) is 11.5 Å². The molecule has 0 aliphatic rings. The van der Waals surface area contributed by atoms with E-state index in [-0.39, 0.29) is 22.8 Å². The van der Waals surface area contributed by atoms with Crippen LogP contribution in [0, 0.1) is 0 Å². The van der Waals surface area contributed by atoms with Gasteiger partial charge in [0, 0.05) is 15.4 Å². The molecule has 0 bridgehead atoms. The molecule has 23 heavy (non-hydrogen) atoms. The topological polar surface area (TPSA) is 57.5 Å². The van der Waals surface area contributed by atoms with Crippen LogP contribution in [0.5, 0.6) is 11.5 Å². The zero-order valence-corrected chi connectivity index (χ0v) is 13.0. The van der Waals surface area contributed by atoms with Crippen molar-refractivity contribution in [2.45, 2.75) is 9.79 Å². The third-order valence-electron chi connectivity index (χ3n) is 3.34. The monoisotopic (exact) mass is 322 g/mol. The molecule has 0 aliphatic heterocycles. The Kier molecular flexibility index (Phi) is 4.35. The van der Waals surface area contributed by atoms with E-state index in [9.17, 15) is 15.0 Å². The molecule has 3 rings (SSSR count). The standard InChI is InChI=1S/C19H14O3S/c20-13-9-11-14(12-10-13)23-18-8-4-2-6-16(18)19(22)15-5-1-3-7-17(15)21/h1-12,20-21H. The van der Waals surface area contributed by atoms with E-state index in [4.69, 9.17) is 0 Å². The number of carbonyl (C=O) groups is 1. The first kappa shape index (κ1) is 15.2. The van der Waals surface area contributed by atoms with Crippen LogP contribution in [0.1, 0.15) is 15.9 Å². The summed E-state index contributed by atoms with van der Waals surface area (Å²) in [7, 11) is 0. The fraction of sp³-hybridized carbons (Fsp3) is 0. The predicted octanol–water partition coefficient (Wildman–Crippen LogP) is 4.48. The molecule has 0 unspecified atom stereocenters. The van der Waals surface area contributed by atoms with Gasteiger partial charge in [0.1, 0.15) is 11.5 Å². The van der Waals surface area contributed by atoms with Crippen LogP contribution in [-0.4, -0.2) is 16.0 Å². The van der Waals surface area contributed by atoms with Gasteiger partial charge in [-0.1, -0.05) is 36.0 Å². The van der Waals surface area contributed by atoms with Crippen molar-refractivity contribution in [3.05, 3.63) is 83.9 Å². The largest absolute Gasteiger partial charge is 0.508 e. The van der Waals surface area contributed by atoms with Gasteiger partial charge in [-0.3, -0.25) is 4.79 Å². The molecule has 0 heterocycles. The van der Waals surface area contributed by atoms with Crippen LogP contribution in [0.15, 0.2) is 82.6 Å². The number of hydrogen-bond donors (Lipinski definition) is 2. The highest BCUT2D eigenvalue weighted by Crippen LogP contribution is 2.33. The Morgan fingerprint density at radius 2 is 1.35 bits per heavy atom. The van der Waals surface area contributed by atoms with E-state index in [1.165, 1.54) is 17.8 Å². The maximum atomic E-state index is 12.7. The van der Waals surface area contributed by atoms with Gasteiger partial charge in [0.25, 0.3) is 0 Å². The van der Waals surface area contributed by atoms with Crippen LogP contribution in [0.2, 0.25) is 0 Å². The van der Waals surface area contributed by atoms with Gasteiger partial charge in [0.2, 0.25) is 0 Å². The first-order valence-corrected chi connectivity index (χ1v) is 7.85. The van der Waals surface area contributed by atoms with Crippen LogP contribution in [0.25, 0.3) is 0 Å². The van der Waals surface area contributed by atoms with Crippen LogP contribution in [0.3, 0.4) is 0 Å². The SMILES string of the molecule is O=C(c1ccccc1O)c1ccccc1Sc1ccc(O)cc1. The van der Waals surface area contributed by atoms with Gasteiger partial charge in [0.05, 0.1) is 5.56 Å². The van der Waals surface area contributed by atoms with Crippen molar-refractivity contribution in [3.63, 3.8) is 0 Å². The quantitative estimate of drug-likeness (QED) is 0.695. The molecular formula is C19H14O3S. The number of benzene rings is 3. The first-order chi connectivity index (χ1) is 11.1. The number of ketones is 1. The van der Waals surface area contributed by atoms with Gasteiger partial charge in [-0.2, -0.15) is 0 Å². The van der Waals surface area contributed by atoms with E-state index in [2.05, 4.69) is 0 Å². The van der Waals surface area contributed by atoms with Gasteiger partial charge < -0.3 is 10.2 Å². The molecule has 0 aromatic heterocycles. The number of phenolic OH excluding ortho intramolecular Hbond substituents is 2. The molecule has 0 fully saturated rings. The number of carbonyl (C=O) groups excluding carboxylic acids is 1. The number of para-hydroxylation sites is 1. The van der Waals surface area contributed by atoms with Crippen LogP contribution < -0.4 is 0 Å². The van der Waals surface area contributed by atoms with Crippen molar-refractivity contribution in [2.24, 2.45) is 0 Å². The van der Waals surface area contributed by atoms with Gasteiger partial charge >= 0.3 is 0 Å². The van der Waals surface area contributed by atoms with Crippen LogP contribution >= 0.6 is 11.8 Å². The van der Waals surface area contributed by atoms with Gasteiger partial charge in [-0.15, -0.1) is 0 Å². The highest BCUT2D eigenvalue weighted by molar-refractivity contribution is 7.99. The summed E-state index contributed by atoms with van der Waals surface area (Å²) in [5.41, 5.74) is 0.818. The van der Waals surface area contributed by atoms with E-state index >= 15 is 0 Å². The average Bonchev–Trinajstić information content (AvgIpc) is 2.57. The van der Waals surface area contributed by atoms with Crippen molar-refractivity contribution < 1.29 is 15.0 Å². The Morgan fingerprint density at radius 3 is 2.04 bits per heavy atom. The first-order valence-electron chi connectivity index (χ1n) is 7.04. The number of phenols is 2. The second-order valence-electron chi connectivity index (χ2n) is 4.94. The molecule has 0 spiro atoms. The molecular weight excluding hydrogens is 308 g/mol. The molecule has 3 aromatic rings. The van der Waals surface area contributed by atoms with Crippen LogP contribution in [0.4, 0.5) is 0 Å². The highest BCUT2D eigenvalue weighted by Gasteiger charge is 2.16. The molecule has 0 saturated heterocycles. The lowest BCUT2D eigenvalue weighted by Gasteiger charge is -2.09. The molecule has 0 saturated carbocycles. The maximum Gasteiger partial charge on any atom is 0.197 e. The third kappa shape index (κ3) is 3.38. The summed E-state index contributed by atoms with van der Waals surface area (Å²) in [5.74, 6) is -0.0418. The lowest BCUT2D eigenvalue weighted by molar-refractivity contribution is 0.103. The minimum Gasteiger partial charge on any atom is -0.508 e. The van der Waals surface area contributed by atoms with Crippen molar-refractivity contribution in [1.29, 1.82) is 0 Å². The fourth-order valence-electron chi connectivity index (χ4n) is 2.20. The Hall–Kier alpha value is -2.72. The number of aromatic hydroxyl groups is 2. The molecule has 0 radical (unpaired) electrons. The number of rotatable bonds is 4. The van der Waals surface area contributed by atoms with Gasteiger partial charge in [0.15, 0.2) is 5.78 Å². The Labute approximate surface area is 138 Å². The summed E-state index contributed by atoms with van der Waals surface area (Å²) in [6, 6.07) is 20.6. The van der Waals surface area contributed by atoms with E-state index in [0.717, 1.165) is 9.79 Å². The lowest BCUT2D eigenvalue weighted by Crippen LogP contribution is -2.03. The summed E-state index contributed by atoms with van der Waals surface area (Å²) in [6.07, 6.45) is 0. The second-order valence-corrected chi connectivity index (χ2v) is 6.05. The van der Waals surface area contributed by atoms with E-state index in [0.29, 0.717) is 5.56 Å². The summed E-state index contributed by atoms with van der Waals surface area (Å²) in [4.78, 5) is 14.4. The maximum absolute atomic E-state index is 12.7. The number of hydrogen-bond acceptors (Lipinski definition) is 4. The summed E-state index contributed by atoms with van der Waals surface area (Å²) in [5, 5.41) is 19.3. The van der Waals surface area contributed by atoms with Crippen molar-refractivity contribution >= 4 is 17.5 Å². The Bertz CT molecular complexity index is 841. The zero-order chi connectivity index (χ0) is 16.2. The fourth-order valence-corrected chi connectivity index (χ4v) is 3.14. The van der Waals surface area contributed by atoms with Crippen molar-refractivity contribution in [1.82, 2.24) is 0 Å². The smallest absolute Gasteiger partial charge is 0.197 e. The molecule has 2 N–H and O–H groups in total. The summed E-state index contributed by atoms with van der Waals surface area (Å²) >= 11 is 1.44. The second kappa shape index (κ2) is 6.58. The average molecular weight is 322 g/mol. The minimum absolute atomic E-state index is 0.0260. The normalized spacial score (nSPS) is 10.4. The molecule has 0 aliphatic carbocycles. The van der Waals surface area contributed by atoms with E-state index in [1.54, 1.807) is 54.6 Å². The molecule has 3 aromatic carbocycles. The Balaban J connectivity index is 1.96. The minimum atomic E-state index is -0.218. The zero-order valence-electron chi connectivity index (χ0n) is 12.1. The third-order valence-corrected chi connectivity index (χ3v) is 4.43. The van der Waals surface area contributed by atoms with E-state index < -0.39 is 0 Å². The van der Waals surface area contributed by atoms with Gasteiger partial charge in [-0.05, 0) is 48.5 Å². The van der Waals surface area contributed by atoms with Crippen LogP contribution in [-0.2, 0) is 0 Å².